The van der Waals surface area contributed by atoms with Crippen molar-refractivity contribution in [3.8, 4) is 11.6 Å². The Morgan fingerprint density at radius 3 is 2.72 bits per heavy atom. The summed E-state index contributed by atoms with van der Waals surface area (Å²) in [6.07, 6.45) is 0.708. The molecule has 1 aromatic heterocycles. The zero-order valence-corrected chi connectivity index (χ0v) is 9.60. The van der Waals surface area contributed by atoms with Gasteiger partial charge in [0.05, 0.1) is 5.69 Å². The van der Waals surface area contributed by atoms with Gasteiger partial charge in [0.15, 0.2) is 0 Å². The lowest BCUT2D eigenvalue weighted by Gasteiger charge is -2.09. The van der Waals surface area contributed by atoms with Crippen LogP contribution in [-0.2, 0) is 0 Å². The fourth-order valence-electron chi connectivity index (χ4n) is 1.68. The minimum atomic E-state index is -0.781. The second-order valence-electron chi connectivity index (χ2n) is 3.82. The number of aromatic hydroxyl groups is 1. The summed E-state index contributed by atoms with van der Waals surface area (Å²) in [7, 11) is 0. The Bertz CT molecular complexity index is 728. The normalized spacial score (nSPS) is 10.3. The Kier molecular flexibility index (Phi) is 2.85. The highest BCUT2D eigenvalue weighted by Crippen LogP contribution is 2.15. The van der Waals surface area contributed by atoms with Crippen molar-refractivity contribution in [2.45, 2.75) is 6.92 Å². The van der Waals surface area contributed by atoms with E-state index in [0.29, 0.717) is 11.9 Å². The first kappa shape index (κ1) is 11.8. The maximum absolute atomic E-state index is 11.7. The second kappa shape index (κ2) is 4.33. The molecule has 0 radical (unpaired) electrons. The third kappa shape index (κ3) is 1.84. The lowest BCUT2D eigenvalue weighted by Crippen LogP contribution is -2.31. The Morgan fingerprint density at radius 2 is 2.11 bits per heavy atom. The molecule has 0 spiro atoms. The van der Waals surface area contributed by atoms with Crippen LogP contribution in [0.2, 0.25) is 0 Å². The van der Waals surface area contributed by atoms with Crippen molar-refractivity contribution in [2.75, 3.05) is 0 Å². The molecule has 0 atom stereocenters. The van der Waals surface area contributed by atoms with E-state index < -0.39 is 17.1 Å². The summed E-state index contributed by atoms with van der Waals surface area (Å²) in [5.74, 6) is -0.538. The molecule has 1 heterocycles. The number of benzene rings is 1. The smallest absolute Gasteiger partial charge is 0.335 e. The first-order chi connectivity index (χ1) is 8.54. The number of nitrogens with zero attached hydrogens (tertiary/aromatic N) is 1. The average molecular weight is 245 g/mol. The average Bonchev–Trinajstić information content (AvgIpc) is 2.28. The molecule has 2 aromatic rings. The van der Waals surface area contributed by atoms with Crippen LogP contribution in [0.15, 0.2) is 33.9 Å². The zero-order valence-electron chi connectivity index (χ0n) is 9.60. The number of H-pyrrole nitrogens is 1. The van der Waals surface area contributed by atoms with Gasteiger partial charge in [0.25, 0.3) is 5.56 Å². The summed E-state index contributed by atoms with van der Waals surface area (Å²) in [5, 5.41) is 17.0. The fourth-order valence-corrected chi connectivity index (χ4v) is 1.68. The first-order valence-corrected chi connectivity index (χ1v) is 5.20. The predicted molar refractivity (Wildman–Crippen MR) is 66.9 cm³/mol. The molecule has 0 aliphatic carbocycles. The summed E-state index contributed by atoms with van der Waals surface area (Å²) >= 11 is 0. The van der Waals surface area contributed by atoms with E-state index in [-0.39, 0.29) is 5.56 Å². The molecule has 1 aromatic carbocycles. The van der Waals surface area contributed by atoms with Crippen LogP contribution in [0.5, 0.6) is 5.88 Å². The van der Waals surface area contributed by atoms with Gasteiger partial charge in [-0.2, -0.15) is 0 Å². The van der Waals surface area contributed by atoms with Crippen molar-refractivity contribution in [1.29, 1.82) is 5.41 Å². The highest BCUT2D eigenvalue weighted by Gasteiger charge is 2.13. The Labute approximate surface area is 102 Å². The molecule has 92 valence electrons. The van der Waals surface area contributed by atoms with Gasteiger partial charge in [-0.15, -0.1) is 0 Å². The van der Waals surface area contributed by atoms with Crippen LogP contribution in [-0.4, -0.2) is 20.9 Å². The van der Waals surface area contributed by atoms with Crippen molar-refractivity contribution in [3.63, 3.8) is 0 Å². The van der Waals surface area contributed by atoms with E-state index in [9.17, 15) is 14.7 Å². The molecule has 0 aliphatic rings. The molecule has 0 fully saturated rings. The highest BCUT2D eigenvalue weighted by molar-refractivity contribution is 5.79. The summed E-state index contributed by atoms with van der Waals surface area (Å²) in [5.41, 5.74) is -0.445. The maximum Gasteiger partial charge on any atom is 0.335 e. The van der Waals surface area contributed by atoms with Crippen LogP contribution in [0.1, 0.15) is 11.1 Å². The Hall–Kier alpha value is -2.63. The quantitative estimate of drug-likeness (QED) is 0.673. The van der Waals surface area contributed by atoms with E-state index in [2.05, 4.69) is 4.98 Å². The molecule has 6 heteroatoms. The SMILES string of the molecule is Cc1cccc(-n2c(O)c(C=N)c(=O)[nH]c2=O)c1. The van der Waals surface area contributed by atoms with E-state index in [4.69, 9.17) is 5.41 Å². The molecular formula is C12H11N3O3. The Balaban J connectivity index is 2.84. The summed E-state index contributed by atoms with van der Waals surface area (Å²) < 4.78 is 0.953. The zero-order chi connectivity index (χ0) is 13.3. The van der Waals surface area contributed by atoms with Crippen molar-refractivity contribution < 1.29 is 5.11 Å². The number of aromatic amines is 1. The lowest BCUT2D eigenvalue weighted by atomic mass is 10.2. The fraction of sp³-hybridized carbons (Fsp3) is 0.0833. The monoisotopic (exact) mass is 245 g/mol. The molecule has 6 nitrogen and oxygen atoms in total. The van der Waals surface area contributed by atoms with Crippen LogP contribution in [0.4, 0.5) is 0 Å². The molecule has 0 amide bonds. The van der Waals surface area contributed by atoms with Crippen molar-refractivity contribution >= 4 is 6.21 Å². The van der Waals surface area contributed by atoms with Crippen LogP contribution in [0.3, 0.4) is 0 Å². The van der Waals surface area contributed by atoms with E-state index >= 15 is 0 Å². The van der Waals surface area contributed by atoms with Crippen molar-refractivity contribution in [1.82, 2.24) is 9.55 Å². The molecule has 2 rings (SSSR count). The van der Waals surface area contributed by atoms with E-state index in [1.165, 1.54) is 0 Å². The summed E-state index contributed by atoms with van der Waals surface area (Å²) in [6.45, 7) is 1.84. The first-order valence-electron chi connectivity index (χ1n) is 5.20. The number of aromatic nitrogens is 2. The molecule has 3 N–H and O–H groups in total. The third-order valence-corrected chi connectivity index (χ3v) is 2.53. The van der Waals surface area contributed by atoms with Crippen LogP contribution in [0.25, 0.3) is 5.69 Å². The van der Waals surface area contributed by atoms with Gasteiger partial charge in [0.2, 0.25) is 5.88 Å². The van der Waals surface area contributed by atoms with Gasteiger partial charge in [-0.25, -0.2) is 9.36 Å². The number of aryl methyl sites for hydroxylation is 1. The van der Waals surface area contributed by atoms with Gasteiger partial charge in [-0.1, -0.05) is 12.1 Å². The van der Waals surface area contributed by atoms with Gasteiger partial charge < -0.3 is 10.5 Å². The largest absolute Gasteiger partial charge is 0.493 e. The van der Waals surface area contributed by atoms with E-state index in [0.717, 1.165) is 10.1 Å². The molecule has 18 heavy (non-hydrogen) atoms. The molecule has 0 bridgehead atoms. The van der Waals surface area contributed by atoms with E-state index in [1.807, 2.05) is 13.0 Å². The summed E-state index contributed by atoms with van der Waals surface area (Å²) in [4.78, 5) is 25.1. The summed E-state index contributed by atoms with van der Waals surface area (Å²) in [6, 6.07) is 6.88. The highest BCUT2D eigenvalue weighted by atomic mass is 16.3. The number of hydrogen-bond donors (Lipinski definition) is 3. The van der Waals surface area contributed by atoms with E-state index in [1.54, 1.807) is 18.2 Å². The van der Waals surface area contributed by atoms with Gasteiger partial charge in [-0.3, -0.25) is 9.78 Å². The van der Waals surface area contributed by atoms with Crippen molar-refractivity contribution in [3.05, 3.63) is 56.2 Å². The lowest BCUT2D eigenvalue weighted by molar-refractivity contribution is 0.430. The number of hydrogen-bond acceptors (Lipinski definition) is 4. The molecule has 0 saturated carbocycles. The van der Waals surface area contributed by atoms with Crippen LogP contribution < -0.4 is 11.2 Å². The van der Waals surface area contributed by atoms with Gasteiger partial charge >= 0.3 is 5.69 Å². The molecule has 0 aliphatic heterocycles. The Morgan fingerprint density at radius 1 is 1.39 bits per heavy atom. The van der Waals surface area contributed by atoms with Crippen molar-refractivity contribution in [2.24, 2.45) is 0 Å². The van der Waals surface area contributed by atoms with Crippen LogP contribution >= 0.6 is 0 Å². The molecule has 0 saturated heterocycles. The van der Waals surface area contributed by atoms with Crippen LogP contribution in [0, 0.1) is 12.3 Å². The second-order valence-corrected chi connectivity index (χ2v) is 3.82. The van der Waals surface area contributed by atoms with Gasteiger partial charge in [0.1, 0.15) is 5.56 Å². The number of nitrogens with one attached hydrogen (secondary N) is 2. The van der Waals surface area contributed by atoms with Gasteiger partial charge in [-0.05, 0) is 24.6 Å². The third-order valence-electron chi connectivity index (χ3n) is 2.53. The number of rotatable bonds is 2. The minimum absolute atomic E-state index is 0.254. The topological polar surface area (TPSA) is 98.9 Å². The standard InChI is InChI=1S/C12H11N3O3/c1-7-3-2-4-8(5-7)15-11(17)9(6-13)10(16)14-12(15)18/h2-6,13,17H,1H3,(H,14,16,18). The van der Waals surface area contributed by atoms with Gasteiger partial charge in [0, 0.05) is 6.21 Å². The molecular weight excluding hydrogens is 234 g/mol. The molecule has 0 unspecified atom stereocenters. The predicted octanol–water partition coefficient (Wildman–Crippen LogP) is 0.537. The minimum Gasteiger partial charge on any atom is -0.493 e. The maximum atomic E-state index is 11.7.